The first kappa shape index (κ1) is 29.0. The zero-order valence-electron chi connectivity index (χ0n) is 19.9. The van der Waals surface area contributed by atoms with E-state index < -0.39 is 51.4 Å². The van der Waals surface area contributed by atoms with Crippen molar-refractivity contribution < 1.29 is 44.7 Å². The van der Waals surface area contributed by atoms with Crippen molar-refractivity contribution in [3.63, 3.8) is 0 Å². The van der Waals surface area contributed by atoms with Crippen molar-refractivity contribution in [2.75, 3.05) is 11.1 Å². The van der Waals surface area contributed by atoms with E-state index in [9.17, 15) is 44.7 Å². The molecular weight excluding hydrogens is 524 g/mol. The molecular formula is C25H27F6NO4S. The lowest BCUT2D eigenvalue weighted by atomic mass is 9.81. The van der Waals surface area contributed by atoms with Crippen LogP contribution in [0.2, 0.25) is 0 Å². The third kappa shape index (κ3) is 6.11. The molecule has 204 valence electrons. The van der Waals surface area contributed by atoms with E-state index >= 15 is 0 Å². The highest BCUT2D eigenvalue weighted by molar-refractivity contribution is 7.91. The van der Waals surface area contributed by atoms with Crippen LogP contribution in [0.4, 0.5) is 32.0 Å². The number of carbonyl (C=O) groups excluding carboxylic acids is 1. The molecule has 0 heterocycles. The normalized spacial score (nSPS) is 16.0. The molecule has 0 bridgehead atoms. The molecule has 1 aliphatic rings. The van der Waals surface area contributed by atoms with E-state index in [1.807, 2.05) is 0 Å². The van der Waals surface area contributed by atoms with Gasteiger partial charge in [0.25, 0.3) is 5.60 Å². The third-order valence-electron chi connectivity index (χ3n) is 6.63. The van der Waals surface area contributed by atoms with Crippen molar-refractivity contribution in [1.29, 1.82) is 0 Å². The van der Waals surface area contributed by atoms with Gasteiger partial charge in [-0.15, -0.1) is 0 Å². The minimum atomic E-state index is -6.11. The average molecular weight is 552 g/mol. The molecule has 1 saturated carbocycles. The van der Waals surface area contributed by atoms with E-state index in [1.165, 1.54) is 37.3 Å². The number of hydrogen-bond donors (Lipinski definition) is 2. The van der Waals surface area contributed by atoms with Gasteiger partial charge in [0.15, 0.2) is 9.84 Å². The van der Waals surface area contributed by atoms with E-state index in [2.05, 4.69) is 5.32 Å². The first-order valence-electron chi connectivity index (χ1n) is 11.7. The molecule has 1 aliphatic carbocycles. The quantitative estimate of drug-likeness (QED) is 0.412. The Morgan fingerprint density at radius 3 is 2.03 bits per heavy atom. The van der Waals surface area contributed by atoms with E-state index in [0.717, 1.165) is 25.3 Å². The molecule has 0 spiro atoms. The summed E-state index contributed by atoms with van der Waals surface area (Å²) in [5.41, 5.74) is -6.99. The van der Waals surface area contributed by atoms with Crippen LogP contribution < -0.4 is 5.32 Å². The van der Waals surface area contributed by atoms with Gasteiger partial charge in [-0.1, -0.05) is 44.4 Å². The smallest absolute Gasteiger partial charge is 0.369 e. The van der Waals surface area contributed by atoms with Gasteiger partial charge in [-0.3, -0.25) is 4.79 Å². The number of amides is 1. The maximum Gasteiger partial charge on any atom is 0.430 e. The average Bonchev–Trinajstić information content (AvgIpc) is 2.83. The molecule has 1 fully saturated rings. The second-order valence-electron chi connectivity index (χ2n) is 9.12. The number of anilines is 1. The van der Waals surface area contributed by atoms with Crippen LogP contribution in [0.5, 0.6) is 0 Å². The summed E-state index contributed by atoms with van der Waals surface area (Å²) in [7, 11) is -3.50. The minimum absolute atomic E-state index is 0.0140. The zero-order valence-corrected chi connectivity index (χ0v) is 20.7. The molecule has 0 aliphatic heterocycles. The first-order valence-corrected chi connectivity index (χ1v) is 13.4. The fraction of sp³-hybridized carbons (Fsp3) is 0.480. The van der Waals surface area contributed by atoms with Crippen molar-refractivity contribution >= 4 is 21.4 Å². The zero-order chi connectivity index (χ0) is 27.6. The second kappa shape index (κ2) is 10.6. The van der Waals surface area contributed by atoms with Crippen molar-refractivity contribution in [1.82, 2.24) is 0 Å². The molecule has 2 aromatic rings. The summed E-state index contributed by atoms with van der Waals surface area (Å²) in [6.45, 7) is 1.46. The molecule has 0 saturated heterocycles. The first-order chi connectivity index (χ1) is 17.1. The number of sulfone groups is 1. The molecule has 0 atom stereocenters. The summed E-state index contributed by atoms with van der Waals surface area (Å²) in [6.07, 6.45) is -9.03. The van der Waals surface area contributed by atoms with E-state index in [-0.39, 0.29) is 27.7 Å². The fourth-order valence-electron chi connectivity index (χ4n) is 4.49. The Balaban J connectivity index is 1.97. The Hall–Kier alpha value is -2.60. The van der Waals surface area contributed by atoms with Crippen molar-refractivity contribution in [3.8, 4) is 0 Å². The fourth-order valence-corrected chi connectivity index (χ4v) is 5.37. The van der Waals surface area contributed by atoms with Crippen molar-refractivity contribution in [2.45, 2.75) is 74.2 Å². The van der Waals surface area contributed by atoms with Crippen LogP contribution in [-0.2, 0) is 26.7 Å². The van der Waals surface area contributed by atoms with E-state index in [1.54, 1.807) is 0 Å². The van der Waals surface area contributed by atoms with Crippen LogP contribution in [0.1, 0.15) is 61.6 Å². The molecule has 3 rings (SSSR count). The van der Waals surface area contributed by atoms with Crippen LogP contribution in [0.3, 0.4) is 0 Å². The summed E-state index contributed by atoms with van der Waals surface area (Å²) in [6, 6.07) is 8.20. The highest BCUT2D eigenvalue weighted by Crippen LogP contribution is 2.52. The topological polar surface area (TPSA) is 83.5 Å². The van der Waals surface area contributed by atoms with Gasteiger partial charge in [0.05, 0.1) is 17.1 Å². The number of aliphatic hydroxyl groups is 1. The van der Waals surface area contributed by atoms with Gasteiger partial charge in [0, 0.05) is 11.3 Å². The SMILES string of the molecule is CCS(=O)(=O)c1ccc(CC(=O)Nc2ccc(C3CCCCC3)cc2C(O)(C(F)(F)F)C(F)(F)F)cc1. The molecule has 2 N–H and O–H groups in total. The van der Waals surface area contributed by atoms with Gasteiger partial charge in [-0.2, -0.15) is 26.3 Å². The predicted octanol–water partition coefficient (Wildman–Crippen LogP) is 6.02. The van der Waals surface area contributed by atoms with E-state index in [4.69, 9.17) is 0 Å². The Labute approximate surface area is 210 Å². The second-order valence-corrected chi connectivity index (χ2v) is 11.4. The van der Waals surface area contributed by atoms with Crippen molar-refractivity contribution in [3.05, 3.63) is 59.2 Å². The Kier molecular flexibility index (Phi) is 8.33. The number of carbonyl (C=O) groups is 1. The monoisotopic (exact) mass is 551 g/mol. The summed E-state index contributed by atoms with van der Waals surface area (Å²) in [5, 5.41) is 12.2. The lowest BCUT2D eigenvalue weighted by Crippen LogP contribution is -2.54. The highest BCUT2D eigenvalue weighted by atomic mass is 32.2. The lowest BCUT2D eigenvalue weighted by Gasteiger charge is -2.35. The van der Waals surface area contributed by atoms with Gasteiger partial charge >= 0.3 is 12.4 Å². The molecule has 1 amide bonds. The minimum Gasteiger partial charge on any atom is -0.369 e. The van der Waals surface area contributed by atoms with Gasteiger partial charge in [0.2, 0.25) is 5.91 Å². The summed E-state index contributed by atoms with van der Waals surface area (Å²) in [4.78, 5) is 12.6. The van der Waals surface area contributed by atoms with E-state index in [0.29, 0.717) is 18.9 Å². The summed E-state index contributed by atoms with van der Waals surface area (Å²) < 4.78 is 106. The van der Waals surface area contributed by atoms with Crippen LogP contribution >= 0.6 is 0 Å². The van der Waals surface area contributed by atoms with Crippen LogP contribution in [0.25, 0.3) is 0 Å². The van der Waals surface area contributed by atoms with Gasteiger partial charge < -0.3 is 10.4 Å². The maximum atomic E-state index is 13.8. The largest absolute Gasteiger partial charge is 0.430 e. The molecule has 0 aromatic heterocycles. The maximum absolute atomic E-state index is 13.8. The Morgan fingerprint density at radius 1 is 0.946 bits per heavy atom. The van der Waals surface area contributed by atoms with Gasteiger partial charge in [-0.25, -0.2) is 8.42 Å². The number of rotatable bonds is 7. The lowest BCUT2D eigenvalue weighted by molar-refractivity contribution is -0.376. The molecule has 37 heavy (non-hydrogen) atoms. The molecule has 0 radical (unpaired) electrons. The summed E-state index contributed by atoms with van der Waals surface area (Å²) >= 11 is 0. The third-order valence-corrected chi connectivity index (χ3v) is 8.38. The van der Waals surface area contributed by atoms with Crippen LogP contribution in [0.15, 0.2) is 47.4 Å². The number of hydrogen-bond acceptors (Lipinski definition) is 4. The van der Waals surface area contributed by atoms with Crippen LogP contribution in [-0.4, -0.2) is 37.5 Å². The molecule has 2 aromatic carbocycles. The number of benzene rings is 2. The molecule has 0 unspecified atom stereocenters. The number of halogens is 6. The van der Waals surface area contributed by atoms with Crippen molar-refractivity contribution in [2.24, 2.45) is 0 Å². The van der Waals surface area contributed by atoms with Crippen LogP contribution in [0, 0.1) is 0 Å². The predicted molar refractivity (Wildman–Crippen MR) is 125 cm³/mol. The Bertz CT molecular complexity index is 1200. The number of alkyl halides is 6. The Morgan fingerprint density at radius 2 is 1.51 bits per heavy atom. The number of nitrogens with one attached hydrogen (secondary N) is 1. The summed E-state index contributed by atoms with van der Waals surface area (Å²) in [5.74, 6) is -1.35. The molecule has 12 heteroatoms. The van der Waals surface area contributed by atoms with Gasteiger partial charge in [-0.05, 0) is 54.2 Å². The van der Waals surface area contributed by atoms with Gasteiger partial charge in [0.1, 0.15) is 0 Å². The molecule has 5 nitrogen and oxygen atoms in total. The standard InChI is InChI=1S/C25H27F6NO4S/c1-2-37(35,36)19-11-8-16(9-12-19)14-22(33)32-21-13-10-18(17-6-4-3-5-7-17)15-20(21)23(34,24(26,27)28)25(29,30)31/h8-13,15,17,34H,2-7,14H2,1H3,(H,32,33). The highest BCUT2D eigenvalue weighted by Gasteiger charge is 2.72.